The van der Waals surface area contributed by atoms with Crippen molar-refractivity contribution < 1.29 is 31.1 Å². The van der Waals surface area contributed by atoms with E-state index in [4.69, 9.17) is 0 Å². The molecule has 2 aromatic carbocycles. The normalized spacial score (nSPS) is 12.1. The Morgan fingerprint density at radius 2 is 1.58 bits per heavy atom. The second-order valence-corrected chi connectivity index (χ2v) is 9.53. The van der Waals surface area contributed by atoms with Gasteiger partial charge in [0.15, 0.2) is 11.6 Å². The Morgan fingerprint density at radius 3 is 2.16 bits per heavy atom. The molecule has 0 bridgehead atoms. The minimum Gasteiger partial charge on any atom is -0.319 e. The van der Waals surface area contributed by atoms with Crippen molar-refractivity contribution in [2.45, 2.75) is 52.3 Å². The molecule has 200 valence electrons. The van der Waals surface area contributed by atoms with E-state index in [9.17, 15) is 31.1 Å². The van der Waals surface area contributed by atoms with Gasteiger partial charge in [0, 0.05) is 11.5 Å². The summed E-state index contributed by atoms with van der Waals surface area (Å²) in [6.07, 6.45) is -4.93. The van der Waals surface area contributed by atoms with E-state index < -0.39 is 46.3 Å². The predicted molar refractivity (Wildman–Crippen MR) is 131 cm³/mol. The van der Waals surface area contributed by atoms with Crippen LogP contribution >= 0.6 is 0 Å². The number of nitrogens with zero attached hydrogens (tertiary/aromatic N) is 3. The fourth-order valence-electron chi connectivity index (χ4n) is 4.23. The third-order valence-electron chi connectivity index (χ3n) is 5.98. The lowest BCUT2D eigenvalue weighted by molar-refractivity contribution is -0.141. The molecule has 2 heterocycles. The largest absolute Gasteiger partial charge is 0.433 e. The number of rotatable bonds is 6. The summed E-state index contributed by atoms with van der Waals surface area (Å²) in [5.74, 6) is -4.44. The molecular weight excluding hydrogens is 510 g/mol. The molecule has 0 radical (unpaired) electrons. The summed E-state index contributed by atoms with van der Waals surface area (Å²) >= 11 is 0. The van der Waals surface area contributed by atoms with E-state index in [1.165, 1.54) is 12.1 Å². The lowest BCUT2D eigenvalue weighted by Gasteiger charge is -2.16. The number of aromatic nitrogens is 3. The molecule has 0 atom stereocenters. The van der Waals surface area contributed by atoms with Crippen molar-refractivity contribution in [2.75, 3.05) is 5.32 Å². The van der Waals surface area contributed by atoms with E-state index >= 15 is 0 Å². The first-order valence-corrected chi connectivity index (χ1v) is 11.8. The first-order chi connectivity index (χ1) is 17.8. The molecule has 0 unspecified atom stereocenters. The van der Waals surface area contributed by atoms with Crippen LogP contribution in [0.3, 0.4) is 0 Å². The highest BCUT2D eigenvalue weighted by molar-refractivity contribution is 6.13. The second-order valence-electron chi connectivity index (χ2n) is 9.53. The molecule has 0 aliphatic heterocycles. The van der Waals surface area contributed by atoms with Crippen LogP contribution < -0.4 is 5.32 Å². The van der Waals surface area contributed by atoms with Crippen molar-refractivity contribution in [3.8, 4) is 0 Å². The quantitative estimate of drug-likeness (QED) is 0.262. The molecule has 1 N–H and O–H groups in total. The number of halogens is 6. The third kappa shape index (κ3) is 5.36. The Bertz CT molecular complexity index is 1510. The van der Waals surface area contributed by atoms with E-state index in [1.54, 1.807) is 16.8 Å². The van der Waals surface area contributed by atoms with E-state index in [0.717, 1.165) is 5.56 Å². The first-order valence-electron chi connectivity index (χ1n) is 11.8. The van der Waals surface area contributed by atoms with Gasteiger partial charge < -0.3 is 5.32 Å². The van der Waals surface area contributed by atoms with Gasteiger partial charge in [0.05, 0.1) is 34.7 Å². The van der Waals surface area contributed by atoms with Crippen LogP contribution in [-0.4, -0.2) is 20.7 Å². The van der Waals surface area contributed by atoms with Gasteiger partial charge >= 0.3 is 6.18 Å². The minimum atomic E-state index is -4.93. The van der Waals surface area contributed by atoms with Crippen LogP contribution in [0.2, 0.25) is 0 Å². The van der Waals surface area contributed by atoms with E-state index in [1.807, 2.05) is 27.7 Å². The van der Waals surface area contributed by atoms with Gasteiger partial charge in [0.2, 0.25) is 0 Å². The molecular formula is C27H24F6N4O. The molecule has 2 aromatic heterocycles. The van der Waals surface area contributed by atoms with Crippen molar-refractivity contribution >= 4 is 22.5 Å². The van der Waals surface area contributed by atoms with Crippen LogP contribution in [0.1, 0.15) is 72.5 Å². The maximum atomic E-state index is 14.0. The van der Waals surface area contributed by atoms with Gasteiger partial charge in [0.25, 0.3) is 5.91 Å². The first kappa shape index (κ1) is 27.2. The van der Waals surface area contributed by atoms with Gasteiger partial charge in [0.1, 0.15) is 11.5 Å². The summed E-state index contributed by atoms with van der Waals surface area (Å²) in [7, 11) is 0. The highest BCUT2D eigenvalue weighted by Crippen LogP contribution is 2.35. The number of hydrogen-bond acceptors (Lipinski definition) is 3. The number of amides is 1. The zero-order valence-corrected chi connectivity index (χ0v) is 20.9. The molecule has 4 rings (SSSR count). The molecule has 1 amide bonds. The number of fused-ring (bicyclic) bond motifs is 1. The Hall–Kier alpha value is -3.89. The maximum Gasteiger partial charge on any atom is 0.433 e. The second kappa shape index (κ2) is 10.1. The number of hydrogen-bond donors (Lipinski definition) is 1. The molecule has 38 heavy (non-hydrogen) atoms. The number of anilines is 1. The minimum absolute atomic E-state index is 0.183. The van der Waals surface area contributed by atoms with Gasteiger partial charge in [-0.15, -0.1) is 0 Å². The molecule has 0 saturated heterocycles. The monoisotopic (exact) mass is 534 g/mol. The van der Waals surface area contributed by atoms with Gasteiger partial charge in [-0.05, 0) is 41.7 Å². The average Bonchev–Trinajstić information content (AvgIpc) is 3.18. The van der Waals surface area contributed by atoms with Crippen LogP contribution in [0.4, 0.5) is 32.0 Å². The van der Waals surface area contributed by atoms with Gasteiger partial charge in [-0.25, -0.2) is 18.2 Å². The third-order valence-corrected chi connectivity index (χ3v) is 5.98. The summed E-state index contributed by atoms with van der Waals surface area (Å²) in [6.45, 7) is 7.65. The molecule has 0 aliphatic carbocycles. The van der Waals surface area contributed by atoms with Crippen LogP contribution in [0.25, 0.3) is 10.9 Å². The zero-order valence-electron chi connectivity index (χ0n) is 20.9. The topological polar surface area (TPSA) is 59.8 Å². The highest BCUT2D eigenvalue weighted by atomic mass is 19.4. The summed E-state index contributed by atoms with van der Waals surface area (Å²) < 4.78 is 83.5. The number of carbonyl (C=O) groups excluding carboxylic acids is 1. The van der Waals surface area contributed by atoms with Crippen LogP contribution in [-0.2, 0) is 12.7 Å². The summed E-state index contributed by atoms with van der Waals surface area (Å²) in [6, 6.07) is 7.52. The summed E-state index contributed by atoms with van der Waals surface area (Å²) in [5.41, 5.74) is -0.309. The van der Waals surface area contributed by atoms with E-state index in [-0.39, 0.29) is 23.8 Å². The lowest BCUT2D eigenvalue weighted by Crippen LogP contribution is -2.18. The van der Waals surface area contributed by atoms with E-state index in [2.05, 4.69) is 15.4 Å². The highest BCUT2D eigenvalue weighted by Gasteiger charge is 2.35. The van der Waals surface area contributed by atoms with Gasteiger partial charge in [-0.2, -0.15) is 18.3 Å². The standard InChI is InChI=1S/C27H24F6N4O/c1-13(2)23-24(25(14(3)4)37(36-23)12-15-5-7-16(28)8-6-15)35-26(38)18-10-22(27(31,32)33)34-21-11-20(30)19(29)9-17(18)21/h5-11,13-14H,12H2,1-4H3,(H,35,38). The number of pyridine rings is 1. The smallest absolute Gasteiger partial charge is 0.319 e. The average molecular weight is 535 g/mol. The molecule has 11 heteroatoms. The predicted octanol–water partition coefficient (Wildman–Crippen LogP) is 7.41. The van der Waals surface area contributed by atoms with Crippen molar-refractivity contribution in [2.24, 2.45) is 0 Å². The van der Waals surface area contributed by atoms with Crippen molar-refractivity contribution in [1.29, 1.82) is 0 Å². The molecule has 4 aromatic rings. The molecule has 0 saturated carbocycles. The zero-order chi connectivity index (χ0) is 27.9. The fourth-order valence-corrected chi connectivity index (χ4v) is 4.23. The Kier molecular flexibility index (Phi) is 7.22. The van der Waals surface area contributed by atoms with Crippen LogP contribution in [0.5, 0.6) is 0 Å². The number of carbonyl (C=O) groups is 1. The maximum absolute atomic E-state index is 14.0. The SMILES string of the molecule is CC(C)c1nn(Cc2ccc(F)cc2)c(C(C)C)c1NC(=O)c1cc(C(F)(F)F)nc2cc(F)c(F)cc12. The molecule has 5 nitrogen and oxygen atoms in total. The molecule has 0 fully saturated rings. The van der Waals surface area contributed by atoms with Crippen molar-refractivity contribution in [1.82, 2.24) is 14.8 Å². The van der Waals surface area contributed by atoms with E-state index in [0.29, 0.717) is 35.3 Å². The number of benzene rings is 2. The van der Waals surface area contributed by atoms with Crippen LogP contribution in [0, 0.1) is 17.5 Å². The summed E-state index contributed by atoms with van der Waals surface area (Å²) in [5, 5.41) is 7.06. The Labute approximate surface area is 214 Å². The van der Waals surface area contributed by atoms with Gasteiger partial charge in [-0.3, -0.25) is 9.48 Å². The fraction of sp³-hybridized carbons (Fsp3) is 0.296. The summed E-state index contributed by atoms with van der Waals surface area (Å²) in [4.78, 5) is 16.8. The van der Waals surface area contributed by atoms with Crippen LogP contribution in [0.15, 0.2) is 42.5 Å². The number of alkyl halides is 3. The van der Waals surface area contributed by atoms with Gasteiger partial charge in [-0.1, -0.05) is 39.8 Å². The van der Waals surface area contributed by atoms with Crippen molar-refractivity contribution in [3.05, 3.63) is 88.1 Å². The molecule has 0 spiro atoms. The lowest BCUT2D eigenvalue weighted by atomic mass is 10.0. The molecule has 0 aliphatic rings. The Morgan fingerprint density at radius 1 is 0.947 bits per heavy atom. The van der Waals surface area contributed by atoms with Crippen molar-refractivity contribution in [3.63, 3.8) is 0 Å². The Balaban J connectivity index is 1.84. The number of nitrogens with one attached hydrogen (secondary N) is 1.